The number of rotatable bonds is 7. The molecule has 3 aromatic rings. The van der Waals surface area contributed by atoms with Crippen LogP contribution in [-0.4, -0.2) is 44.1 Å². The van der Waals surface area contributed by atoms with Crippen molar-refractivity contribution in [2.24, 2.45) is 0 Å². The fraction of sp³-hybridized carbons (Fsp3) is 0.250. The number of hydrazine groups is 1. The summed E-state index contributed by atoms with van der Waals surface area (Å²) in [7, 11) is 0. The average Bonchev–Trinajstić information content (AvgIpc) is 3.31. The Morgan fingerprint density at radius 2 is 2.03 bits per heavy atom. The van der Waals surface area contributed by atoms with E-state index in [-0.39, 0.29) is 5.75 Å². The highest BCUT2D eigenvalue weighted by Crippen LogP contribution is 2.27. The molecule has 1 atom stereocenters. The van der Waals surface area contributed by atoms with Crippen LogP contribution in [0.15, 0.2) is 53.1 Å². The van der Waals surface area contributed by atoms with Gasteiger partial charge in [0.1, 0.15) is 21.7 Å². The molecular formula is C20H19N5O3S2. The summed E-state index contributed by atoms with van der Waals surface area (Å²) in [6.45, 7) is 1.67. The number of nitrogens with zero attached hydrogens (tertiary/aromatic N) is 3. The smallest absolute Gasteiger partial charge is 0.322 e. The molecule has 1 aliphatic heterocycles. The first-order valence-corrected chi connectivity index (χ1v) is 11.1. The number of imide groups is 1. The Kier molecular flexibility index (Phi) is 5.69. The molecule has 2 aromatic heterocycles. The number of carbonyl (C=O) groups excluding carboxylic acids is 3. The van der Waals surface area contributed by atoms with Crippen molar-refractivity contribution in [3.05, 3.63) is 53.7 Å². The van der Waals surface area contributed by atoms with Crippen LogP contribution in [0, 0.1) is 0 Å². The van der Waals surface area contributed by atoms with E-state index >= 15 is 0 Å². The number of amides is 4. The summed E-state index contributed by atoms with van der Waals surface area (Å²) in [4.78, 5) is 46.7. The minimum absolute atomic E-state index is 0.0136. The zero-order valence-electron chi connectivity index (χ0n) is 16.1. The van der Waals surface area contributed by atoms with E-state index in [1.54, 1.807) is 6.92 Å². The van der Waals surface area contributed by atoms with Crippen molar-refractivity contribution in [3.8, 4) is 0 Å². The summed E-state index contributed by atoms with van der Waals surface area (Å²) >= 11 is 2.72. The van der Waals surface area contributed by atoms with E-state index in [0.29, 0.717) is 17.9 Å². The summed E-state index contributed by atoms with van der Waals surface area (Å²) in [5.74, 6) is -0.915. The molecule has 0 aliphatic carbocycles. The van der Waals surface area contributed by atoms with Gasteiger partial charge in [0, 0.05) is 5.39 Å². The second kappa shape index (κ2) is 8.41. The Labute approximate surface area is 181 Å². The number of urea groups is 1. The van der Waals surface area contributed by atoms with Crippen molar-refractivity contribution in [2.45, 2.75) is 30.3 Å². The molecule has 2 N–H and O–H groups in total. The van der Waals surface area contributed by atoms with E-state index in [0.717, 1.165) is 20.8 Å². The van der Waals surface area contributed by atoms with E-state index in [9.17, 15) is 14.4 Å². The summed E-state index contributed by atoms with van der Waals surface area (Å²) in [6.07, 6.45) is 2.51. The predicted octanol–water partition coefficient (Wildman–Crippen LogP) is 2.76. The Morgan fingerprint density at radius 3 is 2.83 bits per heavy atom. The van der Waals surface area contributed by atoms with Gasteiger partial charge in [0.2, 0.25) is 5.91 Å². The highest BCUT2D eigenvalue weighted by Gasteiger charge is 2.48. The molecule has 3 heterocycles. The van der Waals surface area contributed by atoms with Crippen LogP contribution in [0.2, 0.25) is 0 Å². The number of aromatic nitrogens is 2. The molecule has 0 saturated carbocycles. The number of carbonyl (C=O) groups is 3. The van der Waals surface area contributed by atoms with Gasteiger partial charge in [0.25, 0.3) is 5.91 Å². The predicted molar refractivity (Wildman–Crippen MR) is 115 cm³/mol. The van der Waals surface area contributed by atoms with Crippen molar-refractivity contribution in [2.75, 3.05) is 5.75 Å². The summed E-state index contributed by atoms with van der Waals surface area (Å²) in [5, 5.41) is 6.94. The van der Waals surface area contributed by atoms with Crippen molar-refractivity contribution < 1.29 is 14.4 Å². The second-order valence-electron chi connectivity index (χ2n) is 7.03. The molecule has 154 valence electrons. The first-order chi connectivity index (χ1) is 14.5. The first kappa shape index (κ1) is 20.3. The van der Waals surface area contributed by atoms with Crippen LogP contribution in [0.1, 0.15) is 18.9 Å². The Balaban J connectivity index is 1.35. The van der Waals surface area contributed by atoms with Crippen LogP contribution in [0.5, 0.6) is 0 Å². The molecule has 4 amide bonds. The Hall–Kier alpha value is -2.98. The molecule has 10 heteroatoms. The molecule has 0 radical (unpaired) electrons. The van der Waals surface area contributed by atoms with Gasteiger partial charge in [0.15, 0.2) is 0 Å². The summed E-state index contributed by atoms with van der Waals surface area (Å²) in [6, 6.07) is 11.0. The SMILES string of the molecule is C[C@]1(CCc2ccccc2)NC(=O)N(NC(=O)CSc2ncnc3sccc23)C1=O. The minimum atomic E-state index is -1.07. The number of thiophene rings is 1. The van der Waals surface area contributed by atoms with Gasteiger partial charge >= 0.3 is 6.03 Å². The fourth-order valence-corrected chi connectivity index (χ4v) is 4.74. The van der Waals surface area contributed by atoms with Gasteiger partial charge in [-0.2, -0.15) is 5.01 Å². The topological polar surface area (TPSA) is 104 Å². The maximum Gasteiger partial charge on any atom is 0.344 e. The van der Waals surface area contributed by atoms with Gasteiger partial charge in [0.05, 0.1) is 5.75 Å². The molecule has 0 spiro atoms. The van der Waals surface area contributed by atoms with Gasteiger partial charge in [-0.05, 0) is 36.8 Å². The highest BCUT2D eigenvalue weighted by atomic mass is 32.2. The van der Waals surface area contributed by atoms with Gasteiger partial charge < -0.3 is 5.32 Å². The number of benzene rings is 1. The van der Waals surface area contributed by atoms with Crippen LogP contribution in [0.4, 0.5) is 4.79 Å². The lowest BCUT2D eigenvalue weighted by atomic mass is 9.93. The number of thioether (sulfide) groups is 1. The zero-order chi connectivity index (χ0) is 21.1. The molecule has 1 aromatic carbocycles. The van der Waals surface area contributed by atoms with Crippen molar-refractivity contribution in [3.63, 3.8) is 0 Å². The van der Waals surface area contributed by atoms with E-state index in [4.69, 9.17) is 0 Å². The molecule has 1 fully saturated rings. The molecule has 0 unspecified atom stereocenters. The number of aryl methyl sites for hydroxylation is 1. The Morgan fingerprint density at radius 1 is 1.23 bits per heavy atom. The van der Waals surface area contributed by atoms with E-state index < -0.39 is 23.4 Å². The molecule has 0 bridgehead atoms. The van der Waals surface area contributed by atoms with Crippen molar-refractivity contribution >= 4 is 51.2 Å². The average molecular weight is 442 g/mol. The van der Waals surface area contributed by atoms with E-state index in [1.807, 2.05) is 41.8 Å². The zero-order valence-corrected chi connectivity index (χ0v) is 17.8. The van der Waals surface area contributed by atoms with Gasteiger partial charge in [-0.15, -0.1) is 11.3 Å². The summed E-state index contributed by atoms with van der Waals surface area (Å²) < 4.78 is 0. The minimum Gasteiger partial charge on any atom is -0.322 e. The van der Waals surface area contributed by atoms with Crippen molar-refractivity contribution in [1.82, 2.24) is 25.7 Å². The van der Waals surface area contributed by atoms with Crippen LogP contribution < -0.4 is 10.7 Å². The maximum absolute atomic E-state index is 12.8. The molecule has 1 aliphatic rings. The molecule has 4 rings (SSSR count). The molecule has 1 saturated heterocycles. The van der Waals surface area contributed by atoms with Crippen LogP contribution in [-0.2, 0) is 16.0 Å². The third-order valence-corrected chi connectivity index (χ3v) is 6.65. The first-order valence-electron chi connectivity index (χ1n) is 9.27. The number of nitrogens with one attached hydrogen (secondary N) is 2. The van der Waals surface area contributed by atoms with Gasteiger partial charge in [-0.25, -0.2) is 14.8 Å². The van der Waals surface area contributed by atoms with Crippen LogP contribution in [0.3, 0.4) is 0 Å². The monoisotopic (exact) mass is 441 g/mol. The number of hydrogen-bond donors (Lipinski definition) is 2. The Bertz CT molecular complexity index is 1100. The van der Waals surface area contributed by atoms with E-state index in [1.165, 1.54) is 29.4 Å². The lowest BCUT2D eigenvalue weighted by Gasteiger charge is -2.21. The summed E-state index contributed by atoms with van der Waals surface area (Å²) in [5.41, 5.74) is 2.42. The quantitative estimate of drug-likeness (QED) is 0.332. The third kappa shape index (κ3) is 4.14. The molecule has 30 heavy (non-hydrogen) atoms. The number of fused-ring (bicyclic) bond motifs is 1. The normalized spacial score (nSPS) is 18.6. The standard InChI is InChI=1S/C20H19N5O3S2/c1-20(9-7-13-5-3-2-4-6-13)18(27)25(19(28)23-20)24-15(26)11-30-17-14-8-10-29-16(14)21-12-22-17/h2-6,8,10,12H,7,9,11H2,1H3,(H,23,28)(H,24,26)/t20-/m1/s1. The second-order valence-corrected chi connectivity index (χ2v) is 8.89. The van der Waals surface area contributed by atoms with Crippen LogP contribution in [0.25, 0.3) is 10.2 Å². The highest BCUT2D eigenvalue weighted by molar-refractivity contribution is 8.00. The van der Waals surface area contributed by atoms with Gasteiger partial charge in [-0.1, -0.05) is 42.1 Å². The van der Waals surface area contributed by atoms with Crippen molar-refractivity contribution in [1.29, 1.82) is 0 Å². The molecular weight excluding hydrogens is 422 g/mol. The molecule has 8 nitrogen and oxygen atoms in total. The van der Waals surface area contributed by atoms with Gasteiger partial charge in [-0.3, -0.25) is 15.0 Å². The largest absolute Gasteiger partial charge is 0.344 e. The van der Waals surface area contributed by atoms with E-state index in [2.05, 4.69) is 20.7 Å². The third-order valence-electron chi connectivity index (χ3n) is 4.82. The lowest BCUT2D eigenvalue weighted by molar-refractivity contribution is -0.138. The maximum atomic E-state index is 12.8. The lowest BCUT2D eigenvalue weighted by Crippen LogP contribution is -2.49. The van der Waals surface area contributed by atoms with Crippen LogP contribution >= 0.6 is 23.1 Å². The number of hydrogen-bond acceptors (Lipinski definition) is 7. The fourth-order valence-electron chi connectivity index (χ4n) is 3.17.